The van der Waals surface area contributed by atoms with Gasteiger partial charge in [0.05, 0.1) is 0 Å². The molecule has 2 nitrogen and oxygen atoms in total. The Morgan fingerprint density at radius 1 is 1.50 bits per heavy atom. The Morgan fingerprint density at radius 2 is 2.07 bits per heavy atom. The Bertz CT molecular complexity index is 350. The molecule has 0 aliphatic carbocycles. The van der Waals surface area contributed by atoms with E-state index in [0.29, 0.717) is 5.75 Å². The molecule has 78 valence electrons. The van der Waals surface area contributed by atoms with Crippen molar-refractivity contribution in [3.8, 4) is 5.75 Å². The number of benzene rings is 1. The number of rotatable bonds is 2. The van der Waals surface area contributed by atoms with Crippen LogP contribution in [0.15, 0.2) is 10.5 Å². The van der Waals surface area contributed by atoms with Crippen molar-refractivity contribution in [2.75, 3.05) is 0 Å². The molecule has 0 saturated carbocycles. The average molecular weight is 258 g/mol. The molecule has 0 aromatic heterocycles. The summed E-state index contributed by atoms with van der Waals surface area (Å²) in [6.07, 6.45) is 0.823. The van der Waals surface area contributed by atoms with Gasteiger partial charge in [-0.3, -0.25) is 0 Å². The lowest BCUT2D eigenvalue weighted by Gasteiger charge is -2.17. The summed E-state index contributed by atoms with van der Waals surface area (Å²) >= 11 is 3.49. The van der Waals surface area contributed by atoms with Gasteiger partial charge < -0.3 is 10.8 Å². The molecule has 0 fully saturated rings. The fourth-order valence-electron chi connectivity index (χ4n) is 1.62. The van der Waals surface area contributed by atoms with Crippen molar-refractivity contribution < 1.29 is 5.11 Å². The summed E-state index contributed by atoms with van der Waals surface area (Å²) in [6, 6.07) is 1.66. The number of aromatic hydroxyl groups is 1. The second kappa shape index (κ2) is 4.32. The van der Waals surface area contributed by atoms with Gasteiger partial charge in [-0.15, -0.1) is 0 Å². The number of hydrogen-bond donors (Lipinski definition) is 2. The third kappa shape index (κ3) is 1.93. The molecule has 0 aliphatic rings. The van der Waals surface area contributed by atoms with Gasteiger partial charge in [0.1, 0.15) is 5.75 Å². The first-order valence-electron chi connectivity index (χ1n) is 4.73. The summed E-state index contributed by atoms with van der Waals surface area (Å²) in [4.78, 5) is 0. The van der Waals surface area contributed by atoms with E-state index in [1.54, 1.807) is 6.07 Å². The molecule has 3 N–H and O–H groups in total. The van der Waals surface area contributed by atoms with Crippen LogP contribution < -0.4 is 5.73 Å². The van der Waals surface area contributed by atoms with Crippen molar-refractivity contribution in [3.63, 3.8) is 0 Å². The molecule has 0 saturated heterocycles. The van der Waals surface area contributed by atoms with Crippen LogP contribution in [-0.2, 0) is 0 Å². The first-order valence-corrected chi connectivity index (χ1v) is 5.52. The molecule has 1 rings (SSSR count). The number of hydrogen-bond acceptors (Lipinski definition) is 2. The largest absolute Gasteiger partial charge is 0.508 e. The van der Waals surface area contributed by atoms with Gasteiger partial charge in [-0.1, -0.05) is 22.9 Å². The van der Waals surface area contributed by atoms with Crippen molar-refractivity contribution in [3.05, 3.63) is 27.2 Å². The van der Waals surface area contributed by atoms with Crippen molar-refractivity contribution >= 4 is 15.9 Å². The molecule has 1 atom stereocenters. The smallest absolute Gasteiger partial charge is 0.120 e. The van der Waals surface area contributed by atoms with Crippen molar-refractivity contribution in [1.29, 1.82) is 0 Å². The monoisotopic (exact) mass is 257 g/mol. The van der Waals surface area contributed by atoms with E-state index in [-0.39, 0.29) is 6.04 Å². The van der Waals surface area contributed by atoms with Gasteiger partial charge in [0.25, 0.3) is 0 Å². The number of phenolic OH excluding ortho intramolecular Hbond substituents is 1. The van der Waals surface area contributed by atoms with E-state index < -0.39 is 0 Å². The Morgan fingerprint density at radius 3 is 2.57 bits per heavy atom. The van der Waals surface area contributed by atoms with Crippen LogP contribution in [0.1, 0.15) is 36.1 Å². The minimum absolute atomic E-state index is 0.0908. The second-order valence-corrected chi connectivity index (χ2v) is 4.37. The average Bonchev–Trinajstić information content (AvgIpc) is 2.14. The lowest BCUT2D eigenvalue weighted by molar-refractivity contribution is 0.458. The van der Waals surface area contributed by atoms with E-state index in [2.05, 4.69) is 15.9 Å². The van der Waals surface area contributed by atoms with E-state index in [1.807, 2.05) is 20.8 Å². The van der Waals surface area contributed by atoms with Crippen molar-refractivity contribution in [2.24, 2.45) is 5.73 Å². The molecule has 0 spiro atoms. The number of halogens is 1. The number of nitrogens with two attached hydrogens (primary N) is 1. The van der Waals surface area contributed by atoms with E-state index in [4.69, 9.17) is 5.73 Å². The van der Waals surface area contributed by atoms with Crippen LogP contribution >= 0.6 is 15.9 Å². The fourth-order valence-corrected chi connectivity index (χ4v) is 1.95. The minimum Gasteiger partial charge on any atom is -0.508 e. The zero-order valence-electron chi connectivity index (χ0n) is 8.76. The SMILES string of the molecule is CCC(N)c1c(O)cc(C)c(Br)c1C. The van der Waals surface area contributed by atoms with Crippen molar-refractivity contribution in [2.45, 2.75) is 33.2 Å². The Kier molecular flexibility index (Phi) is 3.56. The van der Waals surface area contributed by atoms with Crippen LogP contribution in [-0.4, -0.2) is 5.11 Å². The highest BCUT2D eigenvalue weighted by Gasteiger charge is 2.15. The Balaban J connectivity index is 3.36. The Labute approximate surface area is 93.3 Å². The lowest BCUT2D eigenvalue weighted by Crippen LogP contribution is -2.11. The van der Waals surface area contributed by atoms with Gasteiger partial charge in [0, 0.05) is 16.1 Å². The maximum absolute atomic E-state index is 9.80. The number of phenols is 1. The van der Waals surface area contributed by atoms with Crippen LogP contribution in [0.5, 0.6) is 5.75 Å². The van der Waals surface area contributed by atoms with Crippen molar-refractivity contribution in [1.82, 2.24) is 0 Å². The summed E-state index contributed by atoms with van der Waals surface area (Å²) in [5.41, 5.74) is 8.86. The molecule has 0 bridgehead atoms. The van der Waals surface area contributed by atoms with Crippen LogP contribution in [0.2, 0.25) is 0 Å². The van der Waals surface area contributed by atoms with Gasteiger partial charge in [-0.2, -0.15) is 0 Å². The molecule has 0 radical (unpaired) electrons. The van der Waals surface area contributed by atoms with E-state index in [9.17, 15) is 5.11 Å². The van der Waals surface area contributed by atoms with E-state index >= 15 is 0 Å². The van der Waals surface area contributed by atoms with Gasteiger partial charge in [0.15, 0.2) is 0 Å². The van der Waals surface area contributed by atoms with Gasteiger partial charge in [-0.25, -0.2) is 0 Å². The highest BCUT2D eigenvalue weighted by Crippen LogP contribution is 2.35. The summed E-state index contributed by atoms with van der Waals surface area (Å²) in [7, 11) is 0. The number of aryl methyl sites for hydroxylation is 1. The molecule has 0 heterocycles. The first-order chi connectivity index (χ1) is 6.49. The quantitative estimate of drug-likeness (QED) is 0.855. The lowest BCUT2D eigenvalue weighted by atomic mass is 9.97. The second-order valence-electron chi connectivity index (χ2n) is 3.58. The first kappa shape index (κ1) is 11.5. The maximum atomic E-state index is 9.80. The van der Waals surface area contributed by atoms with Crippen LogP contribution in [0, 0.1) is 13.8 Å². The molecule has 1 aromatic rings. The predicted molar refractivity (Wildman–Crippen MR) is 62.5 cm³/mol. The zero-order chi connectivity index (χ0) is 10.9. The van der Waals surface area contributed by atoms with Crippen LogP contribution in [0.25, 0.3) is 0 Å². The molecule has 0 amide bonds. The normalized spacial score (nSPS) is 12.9. The molecular weight excluding hydrogens is 242 g/mol. The molecular formula is C11H16BrNO. The standard InChI is InChI=1S/C11H16BrNO/c1-4-8(13)10-7(3)11(12)6(2)5-9(10)14/h5,8,14H,4,13H2,1-3H3. The molecule has 0 aliphatic heterocycles. The van der Waals surface area contributed by atoms with Crippen LogP contribution in [0.4, 0.5) is 0 Å². The molecule has 3 heteroatoms. The maximum Gasteiger partial charge on any atom is 0.120 e. The highest BCUT2D eigenvalue weighted by molar-refractivity contribution is 9.10. The van der Waals surface area contributed by atoms with E-state index in [1.165, 1.54) is 0 Å². The predicted octanol–water partition coefficient (Wildman–Crippen LogP) is 3.18. The fraction of sp³-hybridized carbons (Fsp3) is 0.455. The molecule has 1 unspecified atom stereocenters. The third-order valence-corrected chi connectivity index (χ3v) is 3.74. The topological polar surface area (TPSA) is 46.2 Å². The van der Waals surface area contributed by atoms with Gasteiger partial charge >= 0.3 is 0 Å². The summed E-state index contributed by atoms with van der Waals surface area (Å²) < 4.78 is 1.04. The van der Waals surface area contributed by atoms with Gasteiger partial charge in [-0.05, 0) is 37.5 Å². The molecule has 1 aromatic carbocycles. The summed E-state index contributed by atoms with van der Waals surface area (Å²) in [6.45, 7) is 5.94. The summed E-state index contributed by atoms with van der Waals surface area (Å²) in [5, 5.41) is 9.80. The van der Waals surface area contributed by atoms with Crippen LogP contribution in [0.3, 0.4) is 0 Å². The Hall–Kier alpha value is -0.540. The van der Waals surface area contributed by atoms with E-state index in [0.717, 1.165) is 27.6 Å². The minimum atomic E-state index is -0.0908. The molecule has 14 heavy (non-hydrogen) atoms. The highest BCUT2D eigenvalue weighted by atomic mass is 79.9. The third-order valence-electron chi connectivity index (χ3n) is 2.52. The zero-order valence-corrected chi connectivity index (χ0v) is 10.4. The van der Waals surface area contributed by atoms with Gasteiger partial charge in [0.2, 0.25) is 0 Å². The summed E-state index contributed by atoms with van der Waals surface area (Å²) in [5.74, 6) is 0.303.